The maximum absolute atomic E-state index is 12.9. The highest BCUT2D eigenvalue weighted by molar-refractivity contribution is 5.93. The molecule has 3 aromatic rings. The molecule has 0 radical (unpaired) electrons. The summed E-state index contributed by atoms with van der Waals surface area (Å²) >= 11 is 0. The summed E-state index contributed by atoms with van der Waals surface area (Å²) in [5.74, 6) is 1.01. The monoisotopic (exact) mass is 435 g/mol. The number of methoxy groups -OCH3 is 1. The van der Waals surface area contributed by atoms with Gasteiger partial charge < -0.3 is 19.2 Å². The second kappa shape index (κ2) is 8.34. The molecule has 0 fully saturated rings. The van der Waals surface area contributed by atoms with E-state index in [1.165, 1.54) is 0 Å². The van der Waals surface area contributed by atoms with Crippen molar-refractivity contribution >= 4 is 16.9 Å². The number of hydrogen-bond acceptors (Lipinski definition) is 5. The van der Waals surface area contributed by atoms with E-state index >= 15 is 0 Å². The van der Waals surface area contributed by atoms with Crippen LogP contribution in [0.1, 0.15) is 48.1 Å². The van der Waals surface area contributed by atoms with Crippen LogP contribution in [0.5, 0.6) is 11.5 Å². The molecular formula is C26H29NO5. The standard InChI is InChI=1S/C26H29NO5/c1-15-6-8-17(9-7-15)14-27-22(28)12-19-16(2)23-21(30-5)13-20-18(24(23)31-25(19)29)10-11-26(3,4)32-20/h6-9,13H,10-12,14H2,1-5H3,(H,27,28). The molecule has 0 atom stereocenters. The van der Waals surface area contributed by atoms with Crippen molar-refractivity contribution in [2.45, 2.75) is 59.1 Å². The molecule has 1 amide bonds. The summed E-state index contributed by atoms with van der Waals surface area (Å²) in [5.41, 5.74) is 3.77. The van der Waals surface area contributed by atoms with Gasteiger partial charge in [-0.15, -0.1) is 0 Å². The Morgan fingerprint density at radius 2 is 1.91 bits per heavy atom. The molecule has 0 unspecified atom stereocenters. The van der Waals surface area contributed by atoms with Crippen LogP contribution in [-0.4, -0.2) is 18.6 Å². The minimum atomic E-state index is -0.499. The molecule has 1 aromatic heterocycles. The highest BCUT2D eigenvalue weighted by Crippen LogP contribution is 2.43. The van der Waals surface area contributed by atoms with Gasteiger partial charge in [0.25, 0.3) is 0 Å². The van der Waals surface area contributed by atoms with Gasteiger partial charge in [-0.25, -0.2) is 4.79 Å². The lowest BCUT2D eigenvalue weighted by molar-refractivity contribution is -0.120. The third kappa shape index (κ3) is 4.22. The van der Waals surface area contributed by atoms with Crippen LogP contribution >= 0.6 is 0 Å². The van der Waals surface area contributed by atoms with Crippen LogP contribution in [-0.2, 0) is 24.2 Å². The predicted molar refractivity (Wildman–Crippen MR) is 124 cm³/mol. The Hall–Kier alpha value is -3.28. The zero-order valence-corrected chi connectivity index (χ0v) is 19.3. The summed E-state index contributed by atoms with van der Waals surface area (Å²) in [6, 6.07) is 9.81. The number of aryl methyl sites for hydroxylation is 3. The first-order chi connectivity index (χ1) is 15.2. The normalized spacial score (nSPS) is 14.5. The molecule has 32 heavy (non-hydrogen) atoms. The number of hydrogen-bond donors (Lipinski definition) is 1. The molecule has 0 bridgehead atoms. The van der Waals surface area contributed by atoms with E-state index < -0.39 is 5.63 Å². The average molecular weight is 436 g/mol. The Bertz CT molecular complexity index is 1240. The number of ether oxygens (including phenoxy) is 2. The third-order valence-electron chi connectivity index (χ3n) is 6.11. The largest absolute Gasteiger partial charge is 0.496 e. The van der Waals surface area contributed by atoms with Crippen LogP contribution < -0.4 is 20.4 Å². The van der Waals surface area contributed by atoms with Gasteiger partial charge in [-0.1, -0.05) is 29.8 Å². The van der Waals surface area contributed by atoms with Crippen molar-refractivity contribution in [3.8, 4) is 11.5 Å². The summed E-state index contributed by atoms with van der Waals surface area (Å²) in [4.78, 5) is 25.5. The van der Waals surface area contributed by atoms with E-state index in [4.69, 9.17) is 13.9 Å². The molecular weight excluding hydrogens is 406 g/mol. The maximum atomic E-state index is 12.9. The van der Waals surface area contributed by atoms with E-state index in [0.29, 0.717) is 34.8 Å². The molecule has 0 saturated heterocycles. The number of nitrogens with one attached hydrogen (secondary N) is 1. The third-order valence-corrected chi connectivity index (χ3v) is 6.11. The molecule has 1 aliphatic rings. The second-order valence-corrected chi connectivity index (χ2v) is 9.05. The van der Waals surface area contributed by atoms with E-state index in [9.17, 15) is 9.59 Å². The summed E-state index contributed by atoms with van der Waals surface area (Å²) in [7, 11) is 1.58. The fourth-order valence-corrected chi connectivity index (χ4v) is 4.18. The highest BCUT2D eigenvalue weighted by Gasteiger charge is 2.31. The summed E-state index contributed by atoms with van der Waals surface area (Å²) in [6.45, 7) is 8.33. The SMILES string of the molecule is COc1cc2c(c3oc(=O)c(CC(=O)NCc4ccc(C)cc4)c(C)c13)CCC(C)(C)O2. The molecule has 6 nitrogen and oxygen atoms in total. The van der Waals surface area contributed by atoms with Gasteiger partial charge in [0.15, 0.2) is 0 Å². The van der Waals surface area contributed by atoms with Gasteiger partial charge in [-0.2, -0.15) is 0 Å². The summed E-state index contributed by atoms with van der Waals surface area (Å²) < 4.78 is 17.5. The molecule has 6 heteroatoms. The Morgan fingerprint density at radius 1 is 1.19 bits per heavy atom. The molecule has 0 spiro atoms. The minimum absolute atomic E-state index is 0.0558. The van der Waals surface area contributed by atoms with E-state index in [-0.39, 0.29) is 17.9 Å². The molecule has 2 aromatic carbocycles. The summed E-state index contributed by atoms with van der Waals surface area (Å²) in [5, 5.41) is 3.60. The molecule has 0 saturated carbocycles. The average Bonchev–Trinajstić information content (AvgIpc) is 2.74. The first-order valence-corrected chi connectivity index (χ1v) is 10.9. The Kier molecular flexibility index (Phi) is 5.71. The van der Waals surface area contributed by atoms with Gasteiger partial charge in [-0.3, -0.25) is 4.79 Å². The lowest BCUT2D eigenvalue weighted by Crippen LogP contribution is -2.32. The second-order valence-electron chi connectivity index (χ2n) is 9.05. The topological polar surface area (TPSA) is 77.8 Å². The molecule has 1 N–H and O–H groups in total. The Labute approximate surface area is 187 Å². The van der Waals surface area contributed by atoms with Crippen LogP contribution in [0.2, 0.25) is 0 Å². The fraction of sp³-hybridized carbons (Fsp3) is 0.385. The summed E-state index contributed by atoms with van der Waals surface area (Å²) in [6.07, 6.45) is 1.49. The first-order valence-electron chi connectivity index (χ1n) is 10.9. The van der Waals surface area contributed by atoms with Crippen LogP contribution in [0, 0.1) is 13.8 Å². The molecule has 0 aliphatic carbocycles. The smallest absolute Gasteiger partial charge is 0.340 e. The van der Waals surface area contributed by atoms with Gasteiger partial charge in [0.1, 0.15) is 22.7 Å². The number of carbonyl (C=O) groups excluding carboxylic acids is 1. The zero-order valence-electron chi connectivity index (χ0n) is 19.3. The van der Waals surface area contributed by atoms with E-state index in [0.717, 1.165) is 34.9 Å². The molecule has 2 heterocycles. The number of benzene rings is 2. The molecule has 4 rings (SSSR count). The first kappa shape index (κ1) is 21.9. The lowest BCUT2D eigenvalue weighted by Gasteiger charge is -2.33. The number of carbonyl (C=O) groups is 1. The fourth-order valence-electron chi connectivity index (χ4n) is 4.18. The number of amides is 1. The van der Waals surface area contributed by atoms with Gasteiger partial charge in [0.05, 0.1) is 24.5 Å². The number of fused-ring (bicyclic) bond motifs is 3. The van der Waals surface area contributed by atoms with Gasteiger partial charge in [0, 0.05) is 18.2 Å². The van der Waals surface area contributed by atoms with Crippen molar-refractivity contribution in [2.75, 3.05) is 7.11 Å². The van der Waals surface area contributed by atoms with E-state index in [1.54, 1.807) is 7.11 Å². The Morgan fingerprint density at radius 3 is 2.59 bits per heavy atom. The van der Waals surface area contributed by atoms with Gasteiger partial charge >= 0.3 is 5.63 Å². The van der Waals surface area contributed by atoms with Crippen LogP contribution in [0.25, 0.3) is 11.0 Å². The molecule has 1 aliphatic heterocycles. The van der Waals surface area contributed by atoms with Crippen molar-refractivity contribution in [1.82, 2.24) is 5.32 Å². The highest BCUT2D eigenvalue weighted by atomic mass is 16.5. The van der Waals surface area contributed by atoms with E-state index in [2.05, 4.69) is 5.32 Å². The van der Waals surface area contributed by atoms with Crippen molar-refractivity contribution < 1.29 is 18.7 Å². The lowest BCUT2D eigenvalue weighted by atomic mass is 9.91. The maximum Gasteiger partial charge on any atom is 0.340 e. The van der Waals surface area contributed by atoms with Crippen molar-refractivity contribution in [3.63, 3.8) is 0 Å². The van der Waals surface area contributed by atoms with Crippen molar-refractivity contribution in [2.24, 2.45) is 0 Å². The van der Waals surface area contributed by atoms with E-state index in [1.807, 2.05) is 58.0 Å². The quantitative estimate of drug-likeness (QED) is 0.602. The minimum Gasteiger partial charge on any atom is -0.496 e. The Balaban J connectivity index is 1.66. The predicted octanol–water partition coefficient (Wildman–Crippen LogP) is 4.38. The van der Waals surface area contributed by atoms with Gasteiger partial charge in [-0.05, 0) is 51.7 Å². The van der Waals surface area contributed by atoms with Crippen LogP contribution in [0.3, 0.4) is 0 Å². The zero-order chi connectivity index (χ0) is 23.0. The van der Waals surface area contributed by atoms with Crippen molar-refractivity contribution in [1.29, 1.82) is 0 Å². The molecule has 168 valence electrons. The van der Waals surface area contributed by atoms with Crippen LogP contribution in [0.15, 0.2) is 39.5 Å². The van der Waals surface area contributed by atoms with Crippen molar-refractivity contribution in [3.05, 3.63) is 68.6 Å². The van der Waals surface area contributed by atoms with Gasteiger partial charge in [0.2, 0.25) is 5.91 Å². The number of rotatable bonds is 5. The van der Waals surface area contributed by atoms with Crippen LogP contribution in [0.4, 0.5) is 0 Å².